The van der Waals surface area contributed by atoms with E-state index in [1.165, 1.54) is 12.0 Å². The van der Waals surface area contributed by atoms with Gasteiger partial charge in [-0.2, -0.15) is 0 Å². The third-order valence-corrected chi connectivity index (χ3v) is 9.16. The summed E-state index contributed by atoms with van der Waals surface area (Å²) in [5.41, 5.74) is 1.19. The van der Waals surface area contributed by atoms with Crippen LogP contribution in [0.25, 0.3) is 0 Å². The van der Waals surface area contributed by atoms with Crippen LogP contribution in [0.15, 0.2) is 11.6 Å². The lowest BCUT2D eigenvalue weighted by atomic mass is 9.46. The van der Waals surface area contributed by atoms with Crippen LogP contribution < -0.4 is 0 Å². The van der Waals surface area contributed by atoms with E-state index in [1.54, 1.807) is 6.92 Å². The maximum absolute atomic E-state index is 12.7. The Labute approximate surface area is 158 Å². The summed E-state index contributed by atoms with van der Waals surface area (Å²) in [6.45, 7) is 9.20. The third-order valence-electron chi connectivity index (χ3n) is 9.16. The van der Waals surface area contributed by atoms with Gasteiger partial charge in [0.2, 0.25) is 0 Å². The molecule has 0 aromatic carbocycles. The minimum absolute atomic E-state index is 0.0219. The molecular weight excluding hydrogens is 324 g/mol. The molecule has 7 atom stereocenters. The fourth-order valence-electron chi connectivity index (χ4n) is 7.80. The van der Waals surface area contributed by atoms with Gasteiger partial charge < -0.3 is 9.84 Å². The van der Waals surface area contributed by atoms with Crippen LogP contribution in [0.1, 0.15) is 79.1 Å². The largest absolute Gasteiger partial charge is 0.393 e. The van der Waals surface area contributed by atoms with Crippen molar-refractivity contribution in [3.05, 3.63) is 11.6 Å². The Morgan fingerprint density at radius 2 is 1.92 bits per heavy atom. The molecule has 3 nitrogen and oxygen atoms in total. The monoisotopic (exact) mass is 360 g/mol. The van der Waals surface area contributed by atoms with Gasteiger partial charge in [0, 0.05) is 12.0 Å². The molecule has 0 aromatic heterocycles. The maximum Gasteiger partial charge on any atom is 0.162 e. The molecule has 0 radical (unpaired) electrons. The summed E-state index contributed by atoms with van der Waals surface area (Å²) < 4.78 is 6.25. The van der Waals surface area contributed by atoms with Crippen molar-refractivity contribution < 1.29 is 14.6 Å². The Morgan fingerprint density at radius 1 is 1.19 bits per heavy atom. The molecule has 1 unspecified atom stereocenters. The van der Waals surface area contributed by atoms with E-state index in [9.17, 15) is 9.90 Å². The Kier molecular flexibility index (Phi) is 4.43. The summed E-state index contributed by atoms with van der Waals surface area (Å²) in [5.74, 6) is 2.19. The van der Waals surface area contributed by atoms with Gasteiger partial charge in [0.15, 0.2) is 5.78 Å². The normalized spacial score (nSPS) is 50.4. The highest BCUT2D eigenvalue weighted by Crippen LogP contribution is 2.68. The van der Waals surface area contributed by atoms with Crippen LogP contribution in [-0.2, 0) is 9.53 Å². The molecule has 146 valence electrons. The van der Waals surface area contributed by atoms with Crippen molar-refractivity contribution in [3.63, 3.8) is 0 Å². The van der Waals surface area contributed by atoms with E-state index < -0.39 is 5.60 Å². The number of hydrogen-bond acceptors (Lipinski definition) is 3. The SMILES string of the molecule is CCO[C@]1(C(C)=O)CC[C@H]2[C@@H]3CC=C4CC(O)CC[C@]4(C)[C@H]3CC[C@@]21C. The fraction of sp³-hybridized carbons (Fsp3) is 0.870. The Morgan fingerprint density at radius 3 is 2.62 bits per heavy atom. The summed E-state index contributed by atoms with van der Waals surface area (Å²) in [7, 11) is 0. The van der Waals surface area contributed by atoms with E-state index in [2.05, 4.69) is 19.9 Å². The second-order valence-electron chi connectivity index (χ2n) is 9.97. The molecule has 3 fully saturated rings. The lowest BCUT2D eigenvalue weighted by molar-refractivity contribution is -0.173. The molecular formula is C23H36O3. The molecule has 26 heavy (non-hydrogen) atoms. The molecule has 0 saturated heterocycles. The minimum Gasteiger partial charge on any atom is -0.393 e. The number of hydrogen-bond donors (Lipinski definition) is 1. The number of rotatable bonds is 3. The van der Waals surface area contributed by atoms with E-state index in [4.69, 9.17) is 4.74 Å². The van der Waals surface area contributed by atoms with Gasteiger partial charge in [-0.1, -0.05) is 25.5 Å². The number of ketones is 1. The molecule has 3 heteroatoms. The van der Waals surface area contributed by atoms with Crippen LogP contribution in [0.5, 0.6) is 0 Å². The average molecular weight is 361 g/mol. The lowest BCUT2D eigenvalue weighted by Gasteiger charge is -2.59. The minimum atomic E-state index is -0.564. The first-order valence-electron chi connectivity index (χ1n) is 10.8. The summed E-state index contributed by atoms with van der Waals surface area (Å²) >= 11 is 0. The third kappa shape index (κ3) is 2.29. The number of ether oxygens (including phenoxy) is 1. The number of aliphatic hydroxyl groups is 1. The van der Waals surface area contributed by atoms with Gasteiger partial charge in [-0.15, -0.1) is 0 Å². The second-order valence-corrected chi connectivity index (χ2v) is 9.97. The Bertz CT molecular complexity index is 625. The zero-order chi connectivity index (χ0) is 18.7. The molecule has 4 rings (SSSR count). The van der Waals surface area contributed by atoms with E-state index in [-0.39, 0.29) is 22.7 Å². The molecule has 3 saturated carbocycles. The van der Waals surface area contributed by atoms with Gasteiger partial charge in [0.25, 0.3) is 0 Å². The van der Waals surface area contributed by atoms with Crippen molar-refractivity contribution in [1.82, 2.24) is 0 Å². The van der Waals surface area contributed by atoms with Crippen molar-refractivity contribution in [2.45, 2.75) is 90.8 Å². The second kappa shape index (κ2) is 6.17. The van der Waals surface area contributed by atoms with E-state index >= 15 is 0 Å². The van der Waals surface area contributed by atoms with Gasteiger partial charge in [-0.05, 0) is 88.4 Å². The Hall–Kier alpha value is -0.670. The van der Waals surface area contributed by atoms with Crippen LogP contribution in [-0.4, -0.2) is 29.2 Å². The highest BCUT2D eigenvalue weighted by Gasteiger charge is 2.66. The number of carbonyl (C=O) groups excluding carboxylic acids is 1. The van der Waals surface area contributed by atoms with Gasteiger partial charge in [0.05, 0.1) is 6.10 Å². The topological polar surface area (TPSA) is 46.5 Å². The van der Waals surface area contributed by atoms with Crippen LogP contribution >= 0.6 is 0 Å². The van der Waals surface area contributed by atoms with Crippen molar-refractivity contribution in [2.75, 3.05) is 6.61 Å². The Balaban J connectivity index is 1.69. The maximum atomic E-state index is 12.7. The molecule has 0 bridgehead atoms. The number of aliphatic hydroxyl groups excluding tert-OH is 1. The predicted octanol–water partition coefficient (Wildman–Crippen LogP) is 4.67. The first-order valence-corrected chi connectivity index (χ1v) is 10.8. The highest BCUT2D eigenvalue weighted by atomic mass is 16.5. The molecule has 0 aromatic rings. The highest BCUT2D eigenvalue weighted by molar-refractivity contribution is 5.86. The summed E-state index contributed by atoms with van der Waals surface area (Å²) in [5, 5.41) is 10.1. The van der Waals surface area contributed by atoms with Crippen LogP contribution in [0.4, 0.5) is 0 Å². The zero-order valence-corrected chi connectivity index (χ0v) is 17.0. The molecule has 4 aliphatic rings. The van der Waals surface area contributed by atoms with Crippen LogP contribution in [0, 0.1) is 28.6 Å². The molecule has 1 N–H and O–H groups in total. The number of fused-ring (bicyclic) bond motifs is 5. The smallest absolute Gasteiger partial charge is 0.162 e. The number of allylic oxidation sites excluding steroid dienone is 1. The van der Waals surface area contributed by atoms with Crippen LogP contribution in [0.2, 0.25) is 0 Å². The molecule has 0 amide bonds. The molecule has 0 heterocycles. The van der Waals surface area contributed by atoms with E-state index in [1.807, 2.05) is 6.92 Å². The van der Waals surface area contributed by atoms with Crippen molar-refractivity contribution in [1.29, 1.82) is 0 Å². The van der Waals surface area contributed by atoms with Crippen LogP contribution in [0.3, 0.4) is 0 Å². The first-order chi connectivity index (χ1) is 12.3. The van der Waals surface area contributed by atoms with E-state index in [0.29, 0.717) is 24.4 Å². The quantitative estimate of drug-likeness (QED) is 0.744. The predicted molar refractivity (Wildman–Crippen MR) is 103 cm³/mol. The van der Waals surface area contributed by atoms with Crippen molar-refractivity contribution >= 4 is 5.78 Å². The number of Topliss-reactive ketones (excluding diaryl/α,β-unsaturated/α-hetero) is 1. The van der Waals surface area contributed by atoms with Gasteiger partial charge in [-0.3, -0.25) is 4.79 Å². The van der Waals surface area contributed by atoms with Gasteiger partial charge in [-0.25, -0.2) is 0 Å². The first kappa shape index (κ1) is 18.7. The fourth-order valence-corrected chi connectivity index (χ4v) is 7.80. The summed E-state index contributed by atoms with van der Waals surface area (Å²) in [4.78, 5) is 12.7. The zero-order valence-electron chi connectivity index (χ0n) is 17.0. The van der Waals surface area contributed by atoms with E-state index in [0.717, 1.165) is 44.9 Å². The standard InChI is InChI=1S/C23H36O3/c1-5-26-23(15(2)24)13-10-20-18-7-6-16-14-17(25)8-11-21(16,3)19(18)9-12-22(20,23)4/h6,17-20,25H,5,7-14H2,1-4H3/t17?,18-,19+,20+,21+,22+,23+/m1/s1. The average Bonchev–Trinajstić information content (AvgIpc) is 2.90. The molecule has 0 aliphatic heterocycles. The van der Waals surface area contributed by atoms with Gasteiger partial charge in [0.1, 0.15) is 5.60 Å². The molecule has 0 spiro atoms. The molecule has 4 aliphatic carbocycles. The van der Waals surface area contributed by atoms with Crippen molar-refractivity contribution in [3.8, 4) is 0 Å². The summed E-state index contributed by atoms with van der Waals surface area (Å²) in [6.07, 6.45) is 10.7. The lowest BCUT2D eigenvalue weighted by Crippen LogP contribution is -2.58. The summed E-state index contributed by atoms with van der Waals surface area (Å²) in [6, 6.07) is 0. The van der Waals surface area contributed by atoms with Crippen molar-refractivity contribution in [2.24, 2.45) is 28.6 Å². The van der Waals surface area contributed by atoms with Gasteiger partial charge >= 0.3 is 0 Å². The number of carbonyl (C=O) groups is 1.